The van der Waals surface area contributed by atoms with Crippen molar-refractivity contribution in [1.82, 2.24) is 10.2 Å². The molecule has 0 aliphatic carbocycles. The number of amides is 1. The van der Waals surface area contributed by atoms with Crippen molar-refractivity contribution in [3.8, 4) is 0 Å². The molecule has 4 unspecified atom stereocenters. The number of nitrogens with one attached hydrogen (secondary N) is 1. The lowest BCUT2D eigenvalue weighted by atomic mass is 9.87. The molecule has 0 aromatic carbocycles. The van der Waals surface area contributed by atoms with E-state index < -0.39 is 0 Å². The lowest BCUT2D eigenvalue weighted by Gasteiger charge is -2.36. The van der Waals surface area contributed by atoms with Crippen molar-refractivity contribution in [1.29, 1.82) is 0 Å². The SMILES string of the molecule is CC1CCCCN1C(=O)C1CC2CCC1N2. The highest BCUT2D eigenvalue weighted by atomic mass is 16.2. The fourth-order valence-electron chi connectivity index (χ4n) is 3.74. The van der Waals surface area contributed by atoms with Crippen LogP contribution >= 0.6 is 0 Å². The maximum atomic E-state index is 12.5. The van der Waals surface area contributed by atoms with Gasteiger partial charge in [-0.2, -0.15) is 0 Å². The Kier molecular flexibility index (Phi) is 2.66. The monoisotopic (exact) mass is 222 g/mol. The normalized spacial score (nSPS) is 42.7. The quantitative estimate of drug-likeness (QED) is 0.729. The van der Waals surface area contributed by atoms with E-state index in [1.165, 1.54) is 32.1 Å². The molecule has 3 aliphatic heterocycles. The summed E-state index contributed by atoms with van der Waals surface area (Å²) in [5.74, 6) is 0.728. The minimum absolute atomic E-state index is 0.291. The van der Waals surface area contributed by atoms with Gasteiger partial charge in [-0.3, -0.25) is 4.79 Å². The fourth-order valence-corrected chi connectivity index (χ4v) is 3.74. The first-order valence-corrected chi connectivity index (χ1v) is 6.82. The molecule has 0 saturated carbocycles. The summed E-state index contributed by atoms with van der Waals surface area (Å²) in [5.41, 5.74) is 0. The zero-order chi connectivity index (χ0) is 11.1. The first kappa shape index (κ1) is 10.6. The van der Waals surface area contributed by atoms with Gasteiger partial charge in [0.25, 0.3) is 0 Å². The molecule has 3 fully saturated rings. The van der Waals surface area contributed by atoms with Crippen LogP contribution in [0.2, 0.25) is 0 Å². The van der Waals surface area contributed by atoms with Gasteiger partial charge in [-0.15, -0.1) is 0 Å². The molecule has 0 aromatic heterocycles. The lowest BCUT2D eigenvalue weighted by Crippen LogP contribution is -2.47. The zero-order valence-electron chi connectivity index (χ0n) is 10.1. The standard InChI is InChI=1S/C13H22N2O/c1-9-4-2-3-7-15(9)13(16)11-8-10-5-6-12(11)14-10/h9-12,14H,2-8H2,1H3. The van der Waals surface area contributed by atoms with Crippen molar-refractivity contribution < 1.29 is 4.79 Å². The predicted octanol–water partition coefficient (Wildman–Crippen LogP) is 1.53. The molecular formula is C13H22N2O. The maximum absolute atomic E-state index is 12.5. The Morgan fingerprint density at radius 2 is 2.12 bits per heavy atom. The average molecular weight is 222 g/mol. The minimum atomic E-state index is 0.291. The lowest BCUT2D eigenvalue weighted by molar-refractivity contribution is -0.139. The van der Waals surface area contributed by atoms with Crippen molar-refractivity contribution in [3.05, 3.63) is 0 Å². The number of rotatable bonds is 1. The van der Waals surface area contributed by atoms with E-state index in [1.54, 1.807) is 0 Å². The highest BCUT2D eigenvalue weighted by molar-refractivity contribution is 5.80. The molecule has 3 nitrogen and oxygen atoms in total. The van der Waals surface area contributed by atoms with E-state index in [2.05, 4.69) is 17.1 Å². The van der Waals surface area contributed by atoms with Gasteiger partial charge < -0.3 is 10.2 Å². The van der Waals surface area contributed by atoms with E-state index in [0.717, 1.165) is 13.0 Å². The van der Waals surface area contributed by atoms with Crippen LogP contribution in [0.4, 0.5) is 0 Å². The van der Waals surface area contributed by atoms with Gasteiger partial charge >= 0.3 is 0 Å². The Balaban J connectivity index is 1.68. The summed E-state index contributed by atoms with van der Waals surface area (Å²) >= 11 is 0. The van der Waals surface area contributed by atoms with Crippen LogP contribution in [0.15, 0.2) is 0 Å². The molecule has 0 aromatic rings. The third kappa shape index (κ3) is 1.65. The number of fused-ring (bicyclic) bond motifs is 2. The number of carbonyl (C=O) groups excluding carboxylic acids is 1. The number of piperidine rings is 1. The molecule has 90 valence electrons. The molecule has 0 spiro atoms. The topological polar surface area (TPSA) is 32.3 Å². The molecule has 2 bridgehead atoms. The van der Waals surface area contributed by atoms with Crippen molar-refractivity contribution >= 4 is 5.91 Å². The average Bonchev–Trinajstić information content (AvgIpc) is 2.90. The number of carbonyl (C=O) groups is 1. The molecule has 0 radical (unpaired) electrons. The largest absolute Gasteiger partial charge is 0.340 e. The number of hydrogen-bond acceptors (Lipinski definition) is 2. The van der Waals surface area contributed by atoms with Gasteiger partial charge in [-0.25, -0.2) is 0 Å². The molecule has 3 aliphatic rings. The highest BCUT2D eigenvalue weighted by Crippen LogP contribution is 2.35. The smallest absolute Gasteiger partial charge is 0.227 e. The number of likely N-dealkylation sites (tertiary alicyclic amines) is 1. The number of nitrogens with zero attached hydrogens (tertiary/aromatic N) is 1. The molecule has 4 atom stereocenters. The van der Waals surface area contributed by atoms with E-state index in [9.17, 15) is 4.79 Å². The first-order valence-electron chi connectivity index (χ1n) is 6.82. The molecule has 3 heteroatoms. The van der Waals surface area contributed by atoms with Gasteiger partial charge in [0.15, 0.2) is 0 Å². The van der Waals surface area contributed by atoms with E-state index in [4.69, 9.17) is 0 Å². The zero-order valence-corrected chi connectivity index (χ0v) is 10.1. The van der Waals surface area contributed by atoms with Crippen molar-refractivity contribution in [2.45, 2.75) is 63.6 Å². The van der Waals surface area contributed by atoms with Crippen LogP contribution in [0.1, 0.15) is 45.4 Å². The molecule has 1 N–H and O–H groups in total. The summed E-state index contributed by atoms with van der Waals surface area (Å²) in [7, 11) is 0. The van der Waals surface area contributed by atoms with Gasteiger partial charge in [0.1, 0.15) is 0 Å². The summed E-state index contributed by atoms with van der Waals surface area (Å²) in [6.45, 7) is 3.20. The summed E-state index contributed by atoms with van der Waals surface area (Å²) in [6.07, 6.45) is 7.27. The van der Waals surface area contributed by atoms with Crippen LogP contribution in [0.5, 0.6) is 0 Å². The van der Waals surface area contributed by atoms with Crippen molar-refractivity contribution in [2.75, 3.05) is 6.54 Å². The Labute approximate surface area is 97.6 Å². The summed E-state index contributed by atoms with van der Waals surface area (Å²) in [6, 6.07) is 1.60. The van der Waals surface area contributed by atoms with Crippen LogP contribution in [0.25, 0.3) is 0 Å². The second-order valence-corrected chi connectivity index (χ2v) is 5.77. The second kappa shape index (κ2) is 4.02. The Morgan fingerprint density at radius 3 is 2.75 bits per heavy atom. The van der Waals surface area contributed by atoms with E-state index in [1.807, 2.05) is 0 Å². The van der Waals surface area contributed by atoms with Crippen LogP contribution in [-0.4, -0.2) is 35.5 Å². The third-order valence-electron chi connectivity index (χ3n) is 4.70. The molecular weight excluding hydrogens is 200 g/mol. The summed E-state index contributed by atoms with van der Waals surface area (Å²) in [5, 5.41) is 3.57. The molecule has 3 rings (SSSR count). The summed E-state index contributed by atoms with van der Waals surface area (Å²) < 4.78 is 0. The van der Waals surface area contributed by atoms with Crippen LogP contribution < -0.4 is 5.32 Å². The Hall–Kier alpha value is -0.570. The minimum Gasteiger partial charge on any atom is -0.340 e. The number of hydrogen-bond donors (Lipinski definition) is 1. The van der Waals surface area contributed by atoms with Gasteiger partial charge in [-0.05, 0) is 45.4 Å². The van der Waals surface area contributed by atoms with Crippen LogP contribution in [-0.2, 0) is 4.79 Å². The first-order chi connectivity index (χ1) is 7.75. The van der Waals surface area contributed by atoms with Crippen LogP contribution in [0, 0.1) is 5.92 Å². The third-order valence-corrected chi connectivity index (χ3v) is 4.70. The van der Waals surface area contributed by atoms with E-state index >= 15 is 0 Å². The van der Waals surface area contributed by atoms with E-state index in [-0.39, 0.29) is 0 Å². The van der Waals surface area contributed by atoms with Crippen molar-refractivity contribution in [3.63, 3.8) is 0 Å². The maximum Gasteiger partial charge on any atom is 0.227 e. The summed E-state index contributed by atoms with van der Waals surface area (Å²) in [4.78, 5) is 14.6. The van der Waals surface area contributed by atoms with Gasteiger partial charge in [-0.1, -0.05) is 0 Å². The Morgan fingerprint density at radius 1 is 1.25 bits per heavy atom. The molecule has 3 heterocycles. The van der Waals surface area contributed by atoms with Crippen LogP contribution in [0.3, 0.4) is 0 Å². The van der Waals surface area contributed by atoms with Gasteiger partial charge in [0.05, 0.1) is 5.92 Å². The molecule has 3 saturated heterocycles. The fraction of sp³-hybridized carbons (Fsp3) is 0.923. The second-order valence-electron chi connectivity index (χ2n) is 5.77. The van der Waals surface area contributed by atoms with E-state index in [0.29, 0.717) is 30.0 Å². The van der Waals surface area contributed by atoms with Crippen molar-refractivity contribution in [2.24, 2.45) is 5.92 Å². The predicted molar refractivity (Wildman–Crippen MR) is 63.1 cm³/mol. The van der Waals surface area contributed by atoms with Gasteiger partial charge in [0, 0.05) is 24.7 Å². The van der Waals surface area contributed by atoms with Gasteiger partial charge in [0.2, 0.25) is 5.91 Å². The Bertz CT molecular complexity index is 288. The highest BCUT2D eigenvalue weighted by Gasteiger charge is 2.44. The molecule has 16 heavy (non-hydrogen) atoms. The molecule has 1 amide bonds.